The monoisotopic (exact) mass is 511 g/mol. The summed E-state index contributed by atoms with van der Waals surface area (Å²) in [5.41, 5.74) is 5.17. The smallest absolute Gasteiger partial charge is 0.342 e. The minimum absolute atomic E-state index is 0.0310. The number of ether oxygens (including phenoxy) is 4. The fourth-order valence-electron chi connectivity index (χ4n) is 3.16. The molecule has 0 unspecified atom stereocenters. The summed E-state index contributed by atoms with van der Waals surface area (Å²) in [4.78, 5) is 26.6. The van der Waals surface area contributed by atoms with Crippen molar-refractivity contribution >= 4 is 28.8 Å². The zero-order valence-electron chi connectivity index (χ0n) is 20.3. The Morgan fingerprint density at radius 2 is 1.83 bits per heavy atom. The lowest BCUT2D eigenvalue weighted by Gasteiger charge is -2.16. The van der Waals surface area contributed by atoms with Crippen molar-refractivity contribution in [1.82, 2.24) is 15.4 Å². The summed E-state index contributed by atoms with van der Waals surface area (Å²) in [6.07, 6.45) is 1.22. The molecule has 3 aromatic rings. The summed E-state index contributed by atoms with van der Waals surface area (Å²) < 4.78 is 21.4. The fourth-order valence-corrected chi connectivity index (χ4v) is 3.38. The van der Waals surface area contributed by atoms with Crippen molar-refractivity contribution in [3.8, 4) is 17.5 Å². The van der Waals surface area contributed by atoms with Gasteiger partial charge >= 0.3 is 5.97 Å². The number of nitrogens with zero attached hydrogens (tertiary/aromatic N) is 2. The van der Waals surface area contributed by atoms with Crippen LogP contribution in [0.2, 0.25) is 5.02 Å². The van der Waals surface area contributed by atoms with Gasteiger partial charge in [-0.15, -0.1) is 0 Å². The number of rotatable bonds is 11. The fraction of sp³-hybridized carbons (Fsp3) is 0.192. The van der Waals surface area contributed by atoms with Crippen molar-refractivity contribution in [2.24, 2.45) is 0 Å². The molecule has 0 atom stereocenters. The van der Waals surface area contributed by atoms with Gasteiger partial charge in [-0.25, -0.2) is 4.79 Å². The second-order valence-corrected chi connectivity index (χ2v) is 7.78. The lowest BCUT2D eigenvalue weighted by molar-refractivity contribution is -0.133. The number of carbonyl (C=O) groups is 1. The van der Waals surface area contributed by atoms with Crippen molar-refractivity contribution < 1.29 is 28.6 Å². The number of hydrogen-bond donors (Lipinski definition) is 1. The SMILES string of the molecule is C=C(NOCc1cccc(Cl)c1)c1cccc(Oc2nc(C)nc(OC)c2C(=COC)C(=O)OC)c1. The molecule has 0 aliphatic heterocycles. The first-order chi connectivity index (χ1) is 17.4. The molecule has 1 N–H and O–H groups in total. The van der Waals surface area contributed by atoms with Gasteiger partial charge in [0.05, 0.1) is 39.9 Å². The van der Waals surface area contributed by atoms with Crippen molar-refractivity contribution in [3.63, 3.8) is 0 Å². The third-order valence-corrected chi connectivity index (χ3v) is 5.01. The summed E-state index contributed by atoms with van der Waals surface area (Å²) in [6, 6.07) is 14.5. The van der Waals surface area contributed by atoms with E-state index in [0.717, 1.165) is 5.56 Å². The predicted molar refractivity (Wildman–Crippen MR) is 135 cm³/mol. The van der Waals surface area contributed by atoms with Crippen LogP contribution in [0.1, 0.15) is 22.5 Å². The highest BCUT2D eigenvalue weighted by molar-refractivity contribution is 6.30. The Labute approximate surface area is 214 Å². The van der Waals surface area contributed by atoms with Gasteiger partial charge in [0.1, 0.15) is 22.7 Å². The molecule has 36 heavy (non-hydrogen) atoms. The number of methoxy groups -OCH3 is 3. The Balaban J connectivity index is 1.84. The topological polar surface area (TPSA) is 101 Å². The standard InChI is InChI=1S/C26H26ClN3O6/c1-16(30-35-14-18-8-6-10-20(27)12-18)19-9-7-11-21(13-19)36-25-23(22(15-32-3)26(31)34-5)24(33-4)28-17(2)29-25/h6-13,15,30H,1,14H2,2-5H3. The maximum absolute atomic E-state index is 12.4. The van der Waals surface area contributed by atoms with Crippen molar-refractivity contribution in [3.05, 3.63) is 88.9 Å². The number of esters is 1. The molecule has 0 fully saturated rings. The molecule has 188 valence electrons. The Morgan fingerprint density at radius 3 is 2.53 bits per heavy atom. The normalized spacial score (nSPS) is 11.0. The first-order valence-corrected chi connectivity index (χ1v) is 11.1. The van der Waals surface area contributed by atoms with E-state index in [4.69, 9.17) is 35.4 Å². The molecule has 1 aromatic heterocycles. The number of hydroxylamine groups is 1. The number of benzene rings is 2. The minimum atomic E-state index is -0.671. The van der Waals surface area contributed by atoms with Crippen molar-refractivity contribution in [1.29, 1.82) is 0 Å². The lowest BCUT2D eigenvalue weighted by Crippen LogP contribution is -2.12. The molecule has 9 nitrogen and oxygen atoms in total. The lowest BCUT2D eigenvalue weighted by atomic mass is 10.1. The molecule has 2 aromatic carbocycles. The molecule has 0 spiro atoms. The van der Waals surface area contributed by atoms with E-state index in [1.807, 2.05) is 24.3 Å². The van der Waals surface area contributed by atoms with Gasteiger partial charge in [0.15, 0.2) is 0 Å². The number of nitrogens with one attached hydrogen (secondary N) is 1. The van der Waals surface area contributed by atoms with Gasteiger partial charge in [0.25, 0.3) is 0 Å². The van der Waals surface area contributed by atoms with Crippen LogP contribution in [0.15, 0.2) is 61.4 Å². The van der Waals surface area contributed by atoms with E-state index in [1.165, 1.54) is 27.6 Å². The second-order valence-electron chi connectivity index (χ2n) is 7.35. The summed E-state index contributed by atoms with van der Waals surface area (Å²) in [5, 5.41) is 0.631. The molecule has 0 bridgehead atoms. The quantitative estimate of drug-likeness (QED) is 0.163. The largest absolute Gasteiger partial charge is 0.503 e. The zero-order valence-corrected chi connectivity index (χ0v) is 21.1. The van der Waals surface area contributed by atoms with Gasteiger partial charge < -0.3 is 18.9 Å². The molecule has 1 heterocycles. The Hall–Kier alpha value is -4.08. The number of hydrogen-bond acceptors (Lipinski definition) is 9. The number of halogens is 1. The third kappa shape index (κ3) is 6.74. The van der Waals surface area contributed by atoms with Crippen LogP contribution in [0, 0.1) is 6.92 Å². The number of aryl methyl sites for hydroxylation is 1. The van der Waals surface area contributed by atoms with E-state index in [2.05, 4.69) is 22.0 Å². The molecular weight excluding hydrogens is 486 g/mol. The van der Waals surface area contributed by atoms with Crippen LogP contribution < -0.4 is 15.0 Å². The van der Waals surface area contributed by atoms with E-state index in [9.17, 15) is 4.79 Å². The summed E-state index contributed by atoms with van der Waals surface area (Å²) >= 11 is 6.01. The first-order valence-electron chi connectivity index (χ1n) is 10.7. The summed E-state index contributed by atoms with van der Waals surface area (Å²) in [6.45, 7) is 5.99. The molecule has 3 rings (SSSR count). The van der Waals surface area contributed by atoms with Crippen LogP contribution >= 0.6 is 11.6 Å². The molecule has 10 heteroatoms. The second kappa shape index (κ2) is 12.6. The highest BCUT2D eigenvalue weighted by atomic mass is 35.5. The maximum Gasteiger partial charge on any atom is 0.342 e. The minimum Gasteiger partial charge on any atom is -0.503 e. The van der Waals surface area contributed by atoms with E-state index in [1.54, 1.807) is 31.2 Å². The van der Waals surface area contributed by atoms with E-state index in [0.29, 0.717) is 34.5 Å². The number of carbonyl (C=O) groups excluding carboxylic acids is 1. The Kier molecular flexibility index (Phi) is 9.26. The van der Waals surface area contributed by atoms with E-state index < -0.39 is 5.97 Å². The van der Waals surface area contributed by atoms with E-state index in [-0.39, 0.29) is 22.9 Å². The van der Waals surface area contributed by atoms with Crippen LogP contribution in [-0.2, 0) is 25.7 Å². The van der Waals surface area contributed by atoms with Crippen molar-refractivity contribution in [2.75, 3.05) is 21.3 Å². The van der Waals surface area contributed by atoms with Crippen LogP contribution in [-0.4, -0.2) is 37.3 Å². The molecule has 0 saturated carbocycles. The van der Waals surface area contributed by atoms with Gasteiger partial charge in [0, 0.05) is 10.6 Å². The first kappa shape index (κ1) is 26.5. The van der Waals surface area contributed by atoms with Crippen LogP contribution in [0.4, 0.5) is 0 Å². The molecule has 0 aliphatic rings. The van der Waals surface area contributed by atoms with Crippen LogP contribution in [0.5, 0.6) is 17.5 Å². The number of aromatic nitrogens is 2. The highest BCUT2D eigenvalue weighted by Gasteiger charge is 2.26. The van der Waals surface area contributed by atoms with Gasteiger partial charge in [-0.05, 0) is 36.8 Å². The molecule has 0 saturated heterocycles. The third-order valence-electron chi connectivity index (χ3n) is 4.78. The van der Waals surface area contributed by atoms with Crippen LogP contribution in [0.3, 0.4) is 0 Å². The maximum atomic E-state index is 12.4. The average Bonchev–Trinajstić information content (AvgIpc) is 2.87. The van der Waals surface area contributed by atoms with Gasteiger partial charge in [-0.3, -0.25) is 10.3 Å². The summed E-state index contributed by atoms with van der Waals surface area (Å²) in [7, 11) is 4.09. The molecule has 0 radical (unpaired) electrons. The predicted octanol–water partition coefficient (Wildman–Crippen LogP) is 5.09. The van der Waals surface area contributed by atoms with Gasteiger partial charge in [0.2, 0.25) is 11.8 Å². The van der Waals surface area contributed by atoms with Gasteiger partial charge in [-0.1, -0.05) is 42.4 Å². The van der Waals surface area contributed by atoms with Crippen LogP contribution in [0.25, 0.3) is 11.3 Å². The molecule has 0 amide bonds. The van der Waals surface area contributed by atoms with E-state index >= 15 is 0 Å². The molecule has 0 aliphatic carbocycles. The highest BCUT2D eigenvalue weighted by Crippen LogP contribution is 2.36. The molecular formula is C26H26ClN3O6. The van der Waals surface area contributed by atoms with Gasteiger partial charge in [-0.2, -0.15) is 9.97 Å². The Bertz CT molecular complexity index is 1280. The zero-order chi connectivity index (χ0) is 26.1. The average molecular weight is 512 g/mol. The summed E-state index contributed by atoms with van der Waals surface area (Å²) in [5.74, 6) is 0.344. The van der Waals surface area contributed by atoms with Crippen molar-refractivity contribution in [2.45, 2.75) is 13.5 Å². The Morgan fingerprint density at radius 1 is 1.08 bits per heavy atom.